The molecule has 6 aromatic rings. The molecular weight excluding hydrogens is 747 g/mol. The first kappa shape index (κ1) is 30.5. The van der Waals surface area contributed by atoms with Crippen molar-refractivity contribution in [3.8, 4) is 22.5 Å². The van der Waals surface area contributed by atoms with Crippen LogP contribution in [0, 0.1) is 23.8 Å². The molecular formula is C37H36F2IrN2OSi-2. The van der Waals surface area contributed by atoms with Crippen LogP contribution in [-0.4, -0.2) is 18.0 Å². The third kappa shape index (κ3) is 7.07. The first-order chi connectivity index (χ1) is 21.0. The summed E-state index contributed by atoms with van der Waals surface area (Å²) in [5, 5.41) is 2.87. The minimum absolute atomic E-state index is 0. The number of hydrogen-bond donors (Lipinski definition) is 0. The van der Waals surface area contributed by atoms with E-state index in [1.807, 2.05) is 50.4 Å². The van der Waals surface area contributed by atoms with Crippen LogP contribution in [0.2, 0.25) is 19.6 Å². The number of benzene rings is 3. The van der Waals surface area contributed by atoms with E-state index in [0.717, 1.165) is 33.8 Å². The van der Waals surface area contributed by atoms with Gasteiger partial charge in [-0.3, -0.25) is 0 Å². The average Bonchev–Trinajstić information content (AvgIpc) is 3.34. The second-order valence-electron chi connectivity index (χ2n) is 12.0. The van der Waals surface area contributed by atoms with Gasteiger partial charge in [0.25, 0.3) is 0 Å². The van der Waals surface area contributed by atoms with Gasteiger partial charge in [0.2, 0.25) is 0 Å². The zero-order valence-electron chi connectivity index (χ0n) is 27.9. The zero-order chi connectivity index (χ0) is 32.7. The van der Waals surface area contributed by atoms with Crippen molar-refractivity contribution in [2.75, 3.05) is 0 Å². The molecule has 44 heavy (non-hydrogen) atoms. The van der Waals surface area contributed by atoms with Crippen molar-refractivity contribution in [3.63, 3.8) is 0 Å². The Morgan fingerprint density at radius 3 is 2.16 bits per heavy atom. The normalized spacial score (nSPS) is 12.7. The summed E-state index contributed by atoms with van der Waals surface area (Å²) in [5.41, 5.74) is 5.18. The average molecular weight is 785 g/mol. The Morgan fingerprint density at radius 1 is 0.795 bits per heavy atom. The Morgan fingerprint density at radius 2 is 1.50 bits per heavy atom. The van der Waals surface area contributed by atoms with E-state index < -0.39 is 25.7 Å². The Bertz CT molecular complexity index is 2000. The fourth-order valence-electron chi connectivity index (χ4n) is 5.03. The molecule has 0 N–H and O–H groups in total. The topological polar surface area (TPSA) is 38.9 Å². The van der Waals surface area contributed by atoms with Gasteiger partial charge in [-0.15, -0.1) is 54.1 Å². The fourth-order valence-corrected chi connectivity index (χ4v) is 6.61. The van der Waals surface area contributed by atoms with E-state index in [0.29, 0.717) is 22.4 Å². The molecule has 0 spiro atoms. The number of halogens is 2. The number of furan rings is 1. The molecule has 3 nitrogen and oxygen atoms in total. The van der Waals surface area contributed by atoms with Gasteiger partial charge in [-0.1, -0.05) is 76.0 Å². The molecule has 7 heteroatoms. The standard InChI is InChI=1S/C20H14F2NO.C17H22NSi.Ir/c1-11(2)16-9-18(23-10-17(16)22)15-5-3-4-14-13-7-6-12(21)8-19(13)24-20(14)15;1-13(2)15-11-16(14-9-7-6-8-10-14)18-12-17(15)19(3,4)5;/h3-4,6-11H,1-2H3;6-9,11-13H,1-5H3;/q2*-1;/i11D;13D;. The van der Waals surface area contributed by atoms with E-state index in [1.165, 1.54) is 17.3 Å². The molecule has 0 aliphatic carbocycles. The van der Waals surface area contributed by atoms with Crippen molar-refractivity contribution in [1.82, 2.24) is 9.97 Å². The van der Waals surface area contributed by atoms with Crippen LogP contribution in [0.15, 0.2) is 83.5 Å². The van der Waals surface area contributed by atoms with Crippen LogP contribution in [0.4, 0.5) is 8.78 Å². The third-order valence-electron chi connectivity index (χ3n) is 7.28. The van der Waals surface area contributed by atoms with Gasteiger partial charge in [-0.05, 0) is 46.1 Å². The molecule has 0 saturated heterocycles. The van der Waals surface area contributed by atoms with Gasteiger partial charge in [0, 0.05) is 40.5 Å². The molecule has 229 valence electrons. The van der Waals surface area contributed by atoms with Crippen molar-refractivity contribution >= 4 is 35.2 Å². The molecule has 3 aromatic heterocycles. The van der Waals surface area contributed by atoms with Crippen LogP contribution >= 0.6 is 0 Å². The molecule has 0 aliphatic heterocycles. The predicted octanol–water partition coefficient (Wildman–Crippen LogP) is 10.1. The Labute approximate surface area is 275 Å². The smallest absolute Gasteiger partial charge is 0.143 e. The van der Waals surface area contributed by atoms with Crippen LogP contribution < -0.4 is 5.19 Å². The first-order valence-corrected chi connectivity index (χ1v) is 17.7. The van der Waals surface area contributed by atoms with E-state index in [-0.39, 0.29) is 31.5 Å². The van der Waals surface area contributed by atoms with Gasteiger partial charge < -0.3 is 14.4 Å². The van der Waals surface area contributed by atoms with Crippen molar-refractivity contribution in [2.24, 2.45) is 0 Å². The van der Waals surface area contributed by atoms with E-state index in [9.17, 15) is 8.78 Å². The van der Waals surface area contributed by atoms with Gasteiger partial charge in [-0.25, -0.2) is 8.78 Å². The van der Waals surface area contributed by atoms with Crippen molar-refractivity contribution < 1.29 is 36.0 Å². The quantitative estimate of drug-likeness (QED) is 0.129. The summed E-state index contributed by atoms with van der Waals surface area (Å²) in [6.45, 7) is 14.0. The predicted molar refractivity (Wildman–Crippen MR) is 175 cm³/mol. The summed E-state index contributed by atoms with van der Waals surface area (Å²) >= 11 is 0. The number of nitrogens with zero attached hydrogens (tertiary/aromatic N) is 2. The molecule has 0 saturated carbocycles. The molecule has 3 heterocycles. The van der Waals surface area contributed by atoms with Gasteiger partial charge in [0.15, 0.2) is 0 Å². The van der Waals surface area contributed by atoms with E-state index in [4.69, 9.17) is 7.16 Å². The fraction of sp³-hybridized carbons (Fsp3) is 0.243. The van der Waals surface area contributed by atoms with Crippen molar-refractivity contribution in [3.05, 3.63) is 114 Å². The molecule has 0 fully saturated rings. The summed E-state index contributed by atoms with van der Waals surface area (Å²) in [5.74, 6) is -2.62. The Balaban J connectivity index is 0.000000210. The summed E-state index contributed by atoms with van der Waals surface area (Å²) < 4.78 is 49.9. The SMILES string of the molecule is [2H]C(C)(C)c1cc(-c2[c-]ccc3c2oc2cc(F)ccc23)ncc1F.[2H]C(C)(C)c1cc(-c2[c-]cccc2)ncc1[Si](C)(C)C.[Ir]. The molecule has 0 bridgehead atoms. The van der Waals surface area contributed by atoms with Gasteiger partial charge in [0.1, 0.15) is 17.2 Å². The Hall–Kier alpha value is -3.51. The number of rotatable bonds is 5. The monoisotopic (exact) mass is 785 g/mol. The number of hydrogen-bond acceptors (Lipinski definition) is 3. The maximum Gasteiger partial charge on any atom is 0.143 e. The molecule has 0 atom stereocenters. The van der Waals surface area contributed by atoms with E-state index >= 15 is 0 Å². The first-order valence-electron chi connectivity index (χ1n) is 15.2. The maximum atomic E-state index is 14.0. The third-order valence-corrected chi connectivity index (χ3v) is 9.30. The second-order valence-corrected chi connectivity index (χ2v) is 17.1. The van der Waals surface area contributed by atoms with Crippen LogP contribution in [0.3, 0.4) is 0 Å². The number of fused-ring (bicyclic) bond motifs is 3. The van der Waals surface area contributed by atoms with Crippen LogP contribution in [0.1, 0.15) is 53.4 Å². The largest absolute Gasteiger partial charge is 0.500 e. The molecule has 0 amide bonds. The number of aromatic nitrogens is 2. The Kier molecular flexibility index (Phi) is 9.46. The molecule has 0 aliphatic rings. The van der Waals surface area contributed by atoms with Crippen molar-refractivity contribution in [1.29, 1.82) is 0 Å². The summed E-state index contributed by atoms with van der Waals surface area (Å²) in [6, 6.07) is 25.7. The van der Waals surface area contributed by atoms with Crippen molar-refractivity contribution in [2.45, 2.75) is 59.1 Å². The summed E-state index contributed by atoms with van der Waals surface area (Å²) in [6.07, 6.45) is 3.09. The van der Waals surface area contributed by atoms with Gasteiger partial charge >= 0.3 is 0 Å². The molecule has 3 aromatic carbocycles. The molecule has 6 rings (SSSR count). The summed E-state index contributed by atoms with van der Waals surface area (Å²) in [4.78, 5) is 8.75. The maximum absolute atomic E-state index is 14.0. The summed E-state index contributed by atoms with van der Waals surface area (Å²) in [7, 11) is -1.50. The number of pyridine rings is 2. The van der Waals surface area contributed by atoms with Crippen LogP contribution in [-0.2, 0) is 20.1 Å². The second kappa shape index (κ2) is 13.6. The van der Waals surface area contributed by atoms with Gasteiger partial charge in [-0.2, -0.15) is 0 Å². The minimum atomic E-state index is -1.50. The molecule has 0 unspecified atom stereocenters. The van der Waals surface area contributed by atoms with Crippen LogP contribution in [0.5, 0.6) is 0 Å². The van der Waals surface area contributed by atoms with E-state index in [1.54, 1.807) is 32.0 Å². The van der Waals surface area contributed by atoms with Crippen LogP contribution in [0.25, 0.3) is 44.5 Å². The van der Waals surface area contributed by atoms with Gasteiger partial charge in [0.05, 0.1) is 19.9 Å². The minimum Gasteiger partial charge on any atom is -0.500 e. The zero-order valence-corrected chi connectivity index (χ0v) is 29.3. The van der Waals surface area contributed by atoms with E-state index in [2.05, 4.69) is 47.8 Å². The molecule has 1 radical (unpaired) electrons.